The Hall–Kier alpha value is -1.01. The van der Waals surface area contributed by atoms with Gasteiger partial charge in [-0.3, -0.25) is 14.8 Å². The molecule has 19 heavy (non-hydrogen) atoms. The number of carbonyl (C=O) groups excluding carboxylic acids is 1. The molecule has 0 saturated carbocycles. The number of aryl methyl sites for hydroxylation is 1. The van der Waals surface area contributed by atoms with Gasteiger partial charge in [0, 0.05) is 49.6 Å². The van der Waals surface area contributed by atoms with Crippen molar-refractivity contribution in [2.75, 3.05) is 24.7 Å². The SMILES string of the molecule is Cn1nccc1C1CCN(C(=O)C2CSCN2)CC1. The number of thioether (sulfide) groups is 1. The molecule has 6 heteroatoms. The second kappa shape index (κ2) is 5.54. The Kier molecular flexibility index (Phi) is 3.79. The van der Waals surface area contributed by atoms with Crippen molar-refractivity contribution in [1.82, 2.24) is 20.0 Å². The minimum Gasteiger partial charge on any atom is -0.341 e. The normalized spacial score (nSPS) is 24.9. The molecule has 2 saturated heterocycles. The fraction of sp³-hybridized carbons (Fsp3) is 0.692. The number of likely N-dealkylation sites (tertiary alicyclic amines) is 1. The molecule has 1 N–H and O–H groups in total. The van der Waals surface area contributed by atoms with Crippen LogP contribution >= 0.6 is 11.8 Å². The predicted molar refractivity (Wildman–Crippen MR) is 76.0 cm³/mol. The van der Waals surface area contributed by atoms with E-state index in [1.54, 1.807) is 11.8 Å². The Morgan fingerprint density at radius 3 is 2.84 bits per heavy atom. The van der Waals surface area contributed by atoms with Crippen LogP contribution in [-0.2, 0) is 11.8 Å². The number of amides is 1. The van der Waals surface area contributed by atoms with E-state index >= 15 is 0 Å². The average Bonchev–Trinajstić information content (AvgIpc) is 3.09. The third-order valence-electron chi connectivity index (χ3n) is 4.10. The molecule has 0 aliphatic carbocycles. The van der Waals surface area contributed by atoms with E-state index in [-0.39, 0.29) is 11.9 Å². The lowest BCUT2D eigenvalue weighted by atomic mass is 9.93. The Morgan fingerprint density at radius 2 is 2.26 bits per heavy atom. The summed E-state index contributed by atoms with van der Waals surface area (Å²) in [6.07, 6.45) is 3.95. The lowest BCUT2D eigenvalue weighted by Crippen LogP contribution is -2.47. The Balaban J connectivity index is 1.57. The summed E-state index contributed by atoms with van der Waals surface area (Å²) in [6.45, 7) is 1.75. The number of hydrogen-bond acceptors (Lipinski definition) is 4. The highest BCUT2D eigenvalue weighted by Crippen LogP contribution is 2.28. The molecule has 1 amide bonds. The number of piperidine rings is 1. The summed E-state index contributed by atoms with van der Waals surface area (Å²) >= 11 is 1.80. The zero-order valence-corrected chi connectivity index (χ0v) is 12.0. The van der Waals surface area contributed by atoms with E-state index in [2.05, 4.69) is 16.5 Å². The Labute approximate surface area is 117 Å². The van der Waals surface area contributed by atoms with Crippen molar-refractivity contribution in [2.24, 2.45) is 7.05 Å². The van der Waals surface area contributed by atoms with Gasteiger partial charge in [0.1, 0.15) is 0 Å². The van der Waals surface area contributed by atoms with Gasteiger partial charge in [-0.1, -0.05) is 0 Å². The van der Waals surface area contributed by atoms with Crippen molar-refractivity contribution < 1.29 is 4.79 Å². The minimum absolute atomic E-state index is 0.0400. The van der Waals surface area contributed by atoms with Crippen LogP contribution in [0.15, 0.2) is 12.3 Å². The maximum Gasteiger partial charge on any atom is 0.240 e. The highest BCUT2D eigenvalue weighted by molar-refractivity contribution is 7.99. The molecule has 104 valence electrons. The van der Waals surface area contributed by atoms with Crippen molar-refractivity contribution in [3.05, 3.63) is 18.0 Å². The summed E-state index contributed by atoms with van der Waals surface area (Å²) in [7, 11) is 1.99. The van der Waals surface area contributed by atoms with Gasteiger partial charge in [-0.15, -0.1) is 11.8 Å². The first kappa shape index (κ1) is 13.0. The van der Waals surface area contributed by atoms with Crippen LogP contribution in [0.25, 0.3) is 0 Å². The van der Waals surface area contributed by atoms with Crippen LogP contribution in [0.5, 0.6) is 0 Å². The monoisotopic (exact) mass is 280 g/mol. The van der Waals surface area contributed by atoms with E-state index in [0.29, 0.717) is 5.92 Å². The van der Waals surface area contributed by atoms with Crippen LogP contribution in [0, 0.1) is 0 Å². The molecule has 5 nitrogen and oxygen atoms in total. The van der Waals surface area contributed by atoms with Gasteiger partial charge in [0.15, 0.2) is 0 Å². The fourth-order valence-corrected chi connectivity index (χ4v) is 3.89. The van der Waals surface area contributed by atoms with E-state index < -0.39 is 0 Å². The first-order valence-corrected chi connectivity index (χ1v) is 7.99. The fourth-order valence-electron chi connectivity index (χ4n) is 2.95. The smallest absolute Gasteiger partial charge is 0.240 e. The van der Waals surface area contributed by atoms with E-state index in [9.17, 15) is 4.79 Å². The van der Waals surface area contributed by atoms with Gasteiger partial charge in [0.05, 0.1) is 6.04 Å². The summed E-state index contributed by atoms with van der Waals surface area (Å²) in [5, 5.41) is 7.49. The molecule has 1 atom stereocenters. The topological polar surface area (TPSA) is 50.2 Å². The first-order valence-electron chi connectivity index (χ1n) is 6.83. The zero-order chi connectivity index (χ0) is 13.2. The second-order valence-corrected chi connectivity index (χ2v) is 6.28. The first-order chi connectivity index (χ1) is 9.25. The van der Waals surface area contributed by atoms with Gasteiger partial charge in [-0.05, 0) is 18.9 Å². The third kappa shape index (κ3) is 2.65. The Bertz CT molecular complexity index is 447. The quantitative estimate of drug-likeness (QED) is 0.870. The number of aromatic nitrogens is 2. The predicted octanol–water partition coefficient (Wildman–Crippen LogP) is 0.789. The van der Waals surface area contributed by atoms with Gasteiger partial charge in [-0.2, -0.15) is 5.10 Å². The van der Waals surface area contributed by atoms with Crippen LogP contribution < -0.4 is 5.32 Å². The molecule has 0 bridgehead atoms. The van der Waals surface area contributed by atoms with Crippen LogP contribution in [0.2, 0.25) is 0 Å². The summed E-state index contributed by atoms with van der Waals surface area (Å²) in [5.41, 5.74) is 1.29. The zero-order valence-electron chi connectivity index (χ0n) is 11.2. The molecule has 3 rings (SSSR count). The largest absolute Gasteiger partial charge is 0.341 e. The minimum atomic E-state index is 0.0400. The Morgan fingerprint density at radius 1 is 1.47 bits per heavy atom. The van der Waals surface area contributed by atoms with Crippen LogP contribution in [0.3, 0.4) is 0 Å². The van der Waals surface area contributed by atoms with E-state index in [1.165, 1.54) is 5.69 Å². The lowest BCUT2D eigenvalue weighted by molar-refractivity contribution is -0.133. The molecule has 0 radical (unpaired) electrons. The lowest BCUT2D eigenvalue weighted by Gasteiger charge is -2.33. The number of nitrogens with one attached hydrogen (secondary N) is 1. The van der Waals surface area contributed by atoms with Crippen molar-refractivity contribution in [1.29, 1.82) is 0 Å². The number of hydrogen-bond donors (Lipinski definition) is 1. The van der Waals surface area contributed by atoms with Gasteiger partial charge >= 0.3 is 0 Å². The molecule has 0 spiro atoms. The highest BCUT2D eigenvalue weighted by Gasteiger charge is 2.30. The third-order valence-corrected chi connectivity index (χ3v) is 5.04. The summed E-state index contributed by atoms with van der Waals surface area (Å²) in [5.74, 6) is 2.65. The van der Waals surface area contributed by atoms with Crippen molar-refractivity contribution in [3.63, 3.8) is 0 Å². The second-order valence-electron chi connectivity index (χ2n) is 5.25. The van der Waals surface area contributed by atoms with Gasteiger partial charge in [0.2, 0.25) is 5.91 Å². The summed E-state index contributed by atoms with van der Waals surface area (Å²) in [6, 6.07) is 2.13. The molecule has 0 aromatic carbocycles. The number of rotatable bonds is 2. The molecular weight excluding hydrogens is 260 g/mol. The standard InChI is InChI=1S/C13H20N4OS/c1-16-12(2-5-15-16)10-3-6-17(7-4-10)13(18)11-8-19-9-14-11/h2,5,10-11,14H,3-4,6-9H2,1H3. The van der Waals surface area contributed by atoms with Crippen molar-refractivity contribution >= 4 is 17.7 Å². The van der Waals surface area contributed by atoms with Gasteiger partial charge in [0.25, 0.3) is 0 Å². The van der Waals surface area contributed by atoms with Gasteiger partial charge < -0.3 is 4.90 Å². The molecule has 3 heterocycles. The molecule has 1 unspecified atom stereocenters. The van der Waals surface area contributed by atoms with Crippen LogP contribution in [-0.4, -0.2) is 51.3 Å². The van der Waals surface area contributed by atoms with Crippen LogP contribution in [0.4, 0.5) is 0 Å². The number of nitrogens with zero attached hydrogens (tertiary/aromatic N) is 3. The maximum atomic E-state index is 12.3. The van der Waals surface area contributed by atoms with Crippen molar-refractivity contribution in [3.8, 4) is 0 Å². The van der Waals surface area contributed by atoms with E-state index in [0.717, 1.165) is 37.6 Å². The molecule has 1 aromatic heterocycles. The molecule has 2 aliphatic rings. The summed E-state index contributed by atoms with van der Waals surface area (Å²) in [4.78, 5) is 14.3. The van der Waals surface area contributed by atoms with Crippen molar-refractivity contribution in [2.45, 2.75) is 24.8 Å². The molecule has 2 aliphatic heterocycles. The average molecular weight is 280 g/mol. The molecule has 2 fully saturated rings. The number of carbonyl (C=O) groups is 1. The van der Waals surface area contributed by atoms with E-state index in [4.69, 9.17) is 0 Å². The highest BCUT2D eigenvalue weighted by atomic mass is 32.2. The van der Waals surface area contributed by atoms with Crippen LogP contribution in [0.1, 0.15) is 24.5 Å². The molecular formula is C13H20N4OS. The van der Waals surface area contributed by atoms with E-state index in [1.807, 2.05) is 22.8 Å². The maximum absolute atomic E-state index is 12.3. The molecule has 1 aromatic rings. The summed E-state index contributed by atoms with van der Waals surface area (Å²) < 4.78 is 1.96. The van der Waals surface area contributed by atoms with Gasteiger partial charge in [-0.25, -0.2) is 0 Å².